The molecule has 1 N–H and O–H groups in total. The normalized spacial score (nSPS) is 16.8. The molecule has 4 heteroatoms. The average Bonchev–Trinajstić information content (AvgIpc) is 2.88. The summed E-state index contributed by atoms with van der Waals surface area (Å²) in [5, 5.41) is 7.87. The van der Waals surface area contributed by atoms with Crippen LogP contribution in [0.4, 0.5) is 0 Å². The molecule has 0 bridgehead atoms. The molecule has 112 valence electrons. The fourth-order valence-electron chi connectivity index (χ4n) is 2.81. The summed E-state index contributed by atoms with van der Waals surface area (Å²) in [7, 11) is 0. The lowest BCUT2D eigenvalue weighted by Crippen LogP contribution is -2.25. The average molecular weight is 277 g/mol. The smallest absolute Gasteiger partial charge is 0.140 e. The molecular formula is C16H27N3O. The molecule has 1 saturated carbocycles. The van der Waals surface area contributed by atoms with E-state index in [9.17, 15) is 4.79 Å². The third-order valence-corrected chi connectivity index (χ3v) is 3.95. The zero-order valence-electron chi connectivity index (χ0n) is 12.8. The van der Waals surface area contributed by atoms with Crippen molar-refractivity contribution in [2.24, 2.45) is 0 Å². The highest BCUT2D eigenvalue weighted by Crippen LogP contribution is 2.27. The summed E-state index contributed by atoms with van der Waals surface area (Å²) in [6.45, 7) is 4.95. The summed E-state index contributed by atoms with van der Waals surface area (Å²) in [6, 6.07) is 2.99. The Morgan fingerprint density at radius 3 is 2.85 bits per heavy atom. The second kappa shape index (κ2) is 7.58. The van der Waals surface area contributed by atoms with E-state index >= 15 is 0 Å². The summed E-state index contributed by atoms with van der Waals surface area (Å²) in [4.78, 5) is 11.9. The maximum atomic E-state index is 11.9. The summed E-state index contributed by atoms with van der Waals surface area (Å²) in [5.41, 5.74) is 0.921. The Balaban J connectivity index is 1.78. The van der Waals surface area contributed by atoms with Crippen molar-refractivity contribution < 1.29 is 4.79 Å². The maximum Gasteiger partial charge on any atom is 0.140 e. The van der Waals surface area contributed by atoms with Crippen molar-refractivity contribution in [1.29, 1.82) is 0 Å². The first-order chi connectivity index (χ1) is 9.65. The molecule has 0 saturated heterocycles. The number of hydrogen-bond acceptors (Lipinski definition) is 3. The molecule has 0 aliphatic heterocycles. The Morgan fingerprint density at radius 1 is 1.40 bits per heavy atom. The lowest BCUT2D eigenvalue weighted by atomic mass is 9.96. The lowest BCUT2D eigenvalue weighted by molar-refractivity contribution is -0.118. The van der Waals surface area contributed by atoms with Gasteiger partial charge in [0.05, 0.1) is 18.2 Å². The van der Waals surface area contributed by atoms with Gasteiger partial charge in [-0.2, -0.15) is 5.10 Å². The molecule has 1 aliphatic carbocycles. The lowest BCUT2D eigenvalue weighted by Gasteiger charge is -2.21. The molecule has 0 spiro atoms. The number of aromatic nitrogens is 2. The van der Waals surface area contributed by atoms with E-state index in [0.717, 1.165) is 12.2 Å². The third kappa shape index (κ3) is 4.75. The minimum absolute atomic E-state index is 0.270. The number of Topliss-reactive ketones (excluding diaryl/α,β-unsaturated/α-hetero) is 1. The highest BCUT2D eigenvalue weighted by atomic mass is 16.1. The number of carbonyl (C=O) groups excluding carboxylic acids is 1. The van der Waals surface area contributed by atoms with Crippen LogP contribution in [-0.4, -0.2) is 28.2 Å². The third-order valence-electron chi connectivity index (χ3n) is 3.95. The SMILES string of the molecule is CC(C)NCCC(=O)Cc1ccn(C2CCCCC2)n1. The largest absolute Gasteiger partial charge is 0.314 e. The first kappa shape index (κ1) is 15.2. The highest BCUT2D eigenvalue weighted by Gasteiger charge is 2.16. The van der Waals surface area contributed by atoms with Gasteiger partial charge in [0.1, 0.15) is 5.78 Å². The zero-order valence-corrected chi connectivity index (χ0v) is 12.8. The number of hydrogen-bond donors (Lipinski definition) is 1. The monoisotopic (exact) mass is 277 g/mol. The van der Waals surface area contributed by atoms with E-state index in [1.165, 1.54) is 32.1 Å². The Hall–Kier alpha value is -1.16. The van der Waals surface area contributed by atoms with Gasteiger partial charge < -0.3 is 5.32 Å². The van der Waals surface area contributed by atoms with Gasteiger partial charge in [0.15, 0.2) is 0 Å². The van der Waals surface area contributed by atoms with E-state index in [0.29, 0.717) is 24.9 Å². The molecule has 0 unspecified atom stereocenters. The van der Waals surface area contributed by atoms with E-state index in [1.54, 1.807) is 0 Å². The number of rotatable bonds is 7. The van der Waals surface area contributed by atoms with Crippen molar-refractivity contribution in [3.63, 3.8) is 0 Å². The van der Waals surface area contributed by atoms with Gasteiger partial charge in [-0.15, -0.1) is 0 Å². The molecule has 0 aromatic carbocycles. The van der Waals surface area contributed by atoms with Gasteiger partial charge in [-0.3, -0.25) is 9.48 Å². The fourth-order valence-corrected chi connectivity index (χ4v) is 2.81. The van der Waals surface area contributed by atoms with Gasteiger partial charge in [0, 0.05) is 25.2 Å². The fraction of sp³-hybridized carbons (Fsp3) is 0.750. The van der Waals surface area contributed by atoms with Crippen LogP contribution in [0.3, 0.4) is 0 Å². The molecule has 4 nitrogen and oxygen atoms in total. The van der Waals surface area contributed by atoms with Crippen molar-refractivity contribution >= 4 is 5.78 Å². The van der Waals surface area contributed by atoms with Crippen LogP contribution < -0.4 is 5.32 Å². The van der Waals surface area contributed by atoms with Crippen molar-refractivity contribution in [3.05, 3.63) is 18.0 Å². The first-order valence-electron chi connectivity index (χ1n) is 7.94. The Morgan fingerprint density at radius 2 is 2.15 bits per heavy atom. The summed E-state index contributed by atoms with van der Waals surface area (Å²) >= 11 is 0. The van der Waals surface area contributed by atoms with Crippen LogP contribution in [0.2, 0.25) is 0 Å². The molecule has 1 aliphatic rings. The second-order valence-electron chi connectivity index (χ2n) is 6.15. The Labute approximate surface area is 121 Å². The molecule has 1 heterocycles. The quantitative estimate of drug-likeness (QED) is 0.833. The van der Waals surface area contributed by atoms with E-state index in [2.05, 4.69) is 28.9 Å². The minimum atomic E-state index is 0.270. The van der Waals surface area contributed by atoms with Crippen molar-refractivity contribution in [1.82, 2.24) is 15.1 Å². The van der Waals surface area contributed by atoms with Crippen molar-refractivity contribution in [2.45, 2.75) is 70.9 Å². The Kier molecular flexibility index (Phi) is 5.77. The van der Waals surface area contributed by atoms with Crippen LogP contribution in [0, 0.1) is 0 Å². The van der Waals surface area contributed by atoms with Gasteiger partial charge >= 0.3 is 0 Å². The van der Waals surface area contributed by atoms with Gasteiger partial charge in [0.25, 0.3) is 0 Å². The van der Waals surface area contributed by atoms with Crippen LogP contribution >= 0.6 is 0 Å². The second-order valence-corrected chi connectivity index (χ2v) is 6.15. The summed E-state index contributed by atoms with van der Waals surface area (Å²) < 4.78 is 2.08. The van der Waals surface area contributed by atoms with Crippen molar-refractivity contribution in [2.75, 3.05) is 6.54 Å². The predicted octanol–water partition coefficient (Wildman–Crippen LogP) is 2.89. The predicted molar refractivity (Wildman–Crippen MR) is 80.8 cm³/mol. The van der Waals surface area contributed by atoms with Crippen molar-refractivity contribution in [3.8, 4) is 0 Å². The van der Waals surface area contributed by atoms with Crippen LogP contribution in [0.1, 0.15) is 64.1 Å². The van der Waals surface area contributed by atoms with E-state index in [4.69, 9.17) is 0 Å². The van der Waals surface area contributed by atoms with Gasteiger partial charge in [-0.05, 0) is 18.9 Å². The number of nitrogens with zero attached hydrogens (tertiary/aromatic N) is 2. The number of ketones is 1. The summed E-state index contributed by atoms with van der Waals surface area (Å²) in [5.74, 6) is 0.270. The first-order valence-corrected chi connectivity index (χ1v) is 7.94. The van der Waals surface area contributed by atoms with Gasteiger partial charge in [-0.1, -0.05) is 33.1 Å². The molecule has 0 radical (unpaired) electrons. The van der Waals surface area contributed by atoms with E-state index in [1.807, 2.05) is 12.3 Å². The van der Waals surface area contributed by atoms with Gasteiger partial charge in [0.2, 0.25) is 0 Å². The molecule has 1 aromatic heterocycles. The number of carbonyl (C=O) groups is 1. The molecule has 2 rings (SSSR count). The van der Waals surface area contributed by atoms with Crippen LogP contribution in [-0.2, 0) is 11.2 Å². The minimum Gasteiger partial charge on any atom is -0.314 e. The maximum absolute atomic E-state index is 11.9. The molecule has 0 atom stereocenters. The summed E-state index contributed by atoms with van der Waals surface area (Å²) in [6.07, 6.45) is 9.53. The van der Waals surface area contributed by atoms with Crippen LogP contribution in [0.25, 0.3) is 0 Å². The van der Waals surface area contributed by atoms with Crippen LogP contribution in [0.5, 0.6) is 0 Å². The number of nitrogens with one attached hydrogen (secondary N) is 1. The standard InChI is InChI=1S/C16H27N3O/c1-13(2)17-10-8-16(20)12-14-9-11-19(18-14)15-6-4-3-5-7-15/h9,11,13,15,17H,3-8,10,12H2,1-2H3. The Bertz CT molecular complexity index is 419. The molecular weight excluding hydrogens is 250 g/mol. The highest BCUT2D eigenvalue weighted by molar-refractivity contribution is 5.80. The van der Waals surface area contributed by atoms with E-state index in [-0.39, 0.29) is 5.78 Å². The van der Waals surface area contributed by atoms with Crippen LogP contribution in [0.15, 0.2) is 12.3 Å². The molecule has 1 fully saturated rings. The molecule has 0 amide bonds. The van der Waals surface area contributed by atoms with Gasteiger partial charge in [-0.25, -0.2) is 0 Å². The topological polar surface area (TPSA) is 46.9 Å². The molecule has 1 aromatic rings. The van der Waals surface area contributed by atoms with E-state index < -0.39 is 0 Å². The molecule has 20 heavy (non-hydrogen) atoms. The zero-order chi connectivity index (χ0) is 14.4.